The van der Waals surface area contributed by atoms with Gasteiger partial charge in [0.05, 0.1) is 5.69 Å². The molecule has 1 saturated carbocycles. The van der Waals surface area contributed by atoms with Crippen LogP contribution in [0.4, 0.5) is 10.1 Å². The molecule has 100 valence electrons. The molecule has 0 radical (unpaired) electrons. The minimum Gasteiger partial charge on any atom is -0.398 e. The van der Waals surface area contributed by atoms with E-state index in [2.05, 4.69) is 4.72 Å². The van der Waals surface area contributed by atoms with E-state index in [-0.39, 0.29) is 10.6 Å². The number of hydrogen-bond acceptors (Lipinski definition) is 3. The molecule has 1 aromatic rings. The van der Waals surface area contributed by atoms with Crippen molar-refractivity contribution in [1.29, 1.82) is 0 Å². The summed E-state index contributed by atoms with van der Waals surface area (Å²) in [4.78, 5) is -0.0579. The predicted molar refractivity (Wildman–Crippen MR) is 68.0 cm³/mol. The third kappa shape index (κ3) is 3.00. The molecule has 4 nitrogen and oxygen atoms in total. The predicted octanol–water partition coefficient (Wildman–Crippen LogP) is 1.88. The average Bonchev–Trinajstić information content (AvgIpc) is 2.21. The number of halogens is 1. The number of rotatable bonds is 5. The number of sulfonamides is 1. The molecule has 0 atom stereocenters. The molecule has 3 N–H and O–H groups in total. The average molecular weight is 272 g/mol. The maximum absolute atomic E-state index is 12.9. The summed E-state index contributed by atoms with van der Waals surface area (Å²) in [5, 5.41) is 0. The van der Waals surface area contributed by atoms with E-state index < -0.39 is 15.8 Å². The largest absolute Gasteiger partial charge is 0.398 e. The van der Waals surface area contributed by atoms with Crippen LogP contribution in [0.1, 0.15) is 25.7 Å². The molecule has 1 aromatic carbocycles. The molecular formula is C12H17FN2O2S. The molecule has 18 heavy (non-hydrogen) atoms. The smallest absolute Gasteiger partial charge is 0.242 e. The van der Waals surface area contributed by atoms with Gasteiger partial charge in [-0.05, 0) is 30.5 Å². The van der Waals surface area contributed by atoms with E-state index >= 15 is 0 Å². The Kier molecular flexibility index (Phi) is 3.87. The molecule has 0 amide bonds. The lowest BCUT2D eigenvalue weighted by atomic mass is 9.83. The van der Waals surface area contributed by atoms with Gasteiger partial charge in [0.15, 0.2) is 0 Å². The van der Waals surface area contributed by atoms with Crippen molar-refractivity contribution in [3.63, 3.8) is 0 Å². The first-order valence-electron chi connectivity index (χ1n) is 6.04. The van der Waals surface area contributed by atoms with E-state index in [0.717, 1.165) is 18.6 Å². The van der Waals surface area contributed by atoms with Crippen LogP contribution in [0.5, 0.6) is 0 Å². The van der Waals surface area contributed by atoms with Gasteiger partial charge < -0.3 is 5.73 Å². The molecule has 0 bridgehead atoms. The monoisotopic (exact) mass is 272 g/mol. The summed E-state index contributed by atoms with van der Waals surface area (Å²) in [5.74, 6) is 0.0965. The van der Waals surface area contributed by atoms with Gasteiger partial charge in [0.25, 0.3) is 0 Å². The zero-order valence-corrected chi connectivity index (χ0v) is 10.8. The van der Waals surface area contributed by atoms with Crippen molar-refractivity contribution < 1.29 is 12.8 Å². The van der Waals surface area contributed by atoms with Crippen molar-refractivity contribution >= 4 is 15.7 Å². The van der Waals surface area contributed by atoms with Crippen LogP contribution in [-0.4, -0.2) is 15.0 Å². The summed E-state index contributed by atoms with van der Waals surface area (Å²) in [6, 6.07) is 3.30. The van der Waals surface area contributed by atoms with Gasteiger partial charge in [-0.15, -0.1) is 0 Å². The highest BCUT2D eigenvalue weighted by atomic mass is 32.2. The lowest BCUT2D eigenvalue weighted by molar-refractivity contribution is 0.297. The maximum atomic E-state index is 12.9. The molecule has 6 heteroatoms. The molecule has 0 saturated heterocycles. The van der Waals surface area contributed by atoms with Crippen molar-refractivity contribution in [2.45, 2.75) is 30.6 Å². The molecule has 2 rings (SSSR count). The molecular weight excluding hydrogens is 255 g/mol. The van der Waals surface area contributed by atoms with Gasteiger partial charge in [-0.3, -0.25) is 0 Å². The summed E-state index contributed by atoms with van der Waals surface area (Å²) >= 11 is 0. The van der Waals surface area contributed by atoms with E-state index in [1.807, 2.05) is 0 Å². The Bertz CT molecular complexity index is 527. The maximum Gasteiger partial charge on any atom is 0.242 e. The third-order valence-corrected chi connectivity index (χ3v) is 4.87. The van der Waals surface area contributed by atoms with Gasteiger partial charge in [-0.2, -0.15) is 0 Å². The van der Waals surface area contributed by atoms with Crippen LogP contribution < -0.4 is 10.5 Å². The van der Waals surface area contributed by atoms with Crippen LogP contribution in [0, 0.1) is 11.7 Å². The van der Waals surface area contributed by atoms with Crippen LogP contribution in [0.3, 0.4) is 0 Å². The first-order chi connectivity index (χ1) is 8.49. The summed E-state index contributed by atoms with van der Waals surface area (Å²) < 4.78 is 39.2. The minimum atomic E-state index is -3.63. The van der Waals surface area contributed by atoms with Gasteiger partial charge in [0.1, 0.15) is 10.7 Å². The normalized spacial score (nSPS) is 16.5. The topological polar surface area (TPSA) is 72.2 Å². The van der Waals surface area contributed by atoms with Crippen LogP contribution >= 0.6 is 0 Å². The summed E-state index contributed by atoms with van der Waals surface area (Å²) in [6.07, 6.45) is 4.45. The fourth-order valence-corrected chi connectivity index (χ4v) is 3.18. The van der Waals surface area contributed by atoms with Crippen molar-refractivity contribution in [3.8, 4) is 0 Å². The molecule has 0 aliphatic heterocycles. The number of nitrogens with one attached hydrogen (secondary N) is 1. The van der Waals surface area contributed by atoms with Gasteiger partial charge in [-0.1, -0.05) is 19.3 Å². The number of hydrogen-bond donors (Lipinski definition) is 2. The van der Waals surface area contributed by atoms with Gasteiger partial charge in [-0.25, -0.2) is 17.5 Å². The fourth-order valence-electron chi connectivity index (χ4n) is 2.02. The van der Waals surface area contributed by atoms with Crippen LogP contribution in [-0.2, 0) is 10.0 Å². The quantitative estimate of drug-likeness (QED) is 0.804. The Labute approximate surface area is 106 Å². The summed E-state index contributed by atoms with van der Waals surface area (Å²) in [6.45, 7) is 0.407. The highest BCUT2D eigenvalue weighted by Gasteiger charge is 2.20. The van der Waals surface area contributed by atoms with Crippen molar-refractivity contribution in [2.75, 3.05) is 12.3 Å². The zero-order valence-electron chi connectivity index (χ0n) is 10.0. The second kappa shape index (κ2) is 5.24. The summed E-state index contributed by atoms with van der Waals surface area (Å²) in [5.41, 5.74) is 5.45. The highest BCUT2D eigenvalue weighted by Crippen LogP contribution is 2.29. The molecule has 1 aliphatic rings. The lowest BCUT2D eigenvalue weighted by Crippen LogP contribution is -2.28. The molecule has 0 unspecified atom stereocenters. The standard InChI is InChI=1S/C12H17FN2O2S/c13-10-4-5-12(11(14)8-10)18(16,17)15-7-6-9-2-1-3-9/h4-5,8-9,15H,1-3,6-7,14H2. The van der Waals surface area contributed by atoms with Crippen LogP contribution in [0.25, 0.3) is 0 Å². The van der Waals surface area contributed by atoms with Crippen LogP contribution in [0.2, 0.25) is 0 Å². The van der Waals surface area contributed by atoms with E-state index in [1.54, 1.807) is 0 Å². The SMILES string of the molecule is Nc1cc(F)ccc1S(=O)(=O)NCCC1CCC1. The van der Waals surface area contributed by atoms with Crippen LogP contribution in [0.15, 0.2) is 23.1 Å². The first-order valence-corrected chi connectivity index (χ1v) is 7.52. The van der Waals surface area contributed by atoms with Gasteiger partial charge >= 0.3 is 0 Å². The number of nitrogen functional groups attached to an aromatic ring is 1. The molecule has 0 spiro atoms. The minimum absolute atomic E-state index is 0.0579. The molecule has 0 heterocycles. The molecule has 1 aliphatic carbocycles. The number of nitrogens with two attached hydrogens (primary N) is 1. The van der Waals surface area contributed by atoms with Crippen molar-refractivity contribution in [3.05, 3.63) is 24.0 Å². The Morgan fingerprint density at radius 1 is 1.39 bits per heavy atom. The molecule has 0 aromatic heterocycles. The zero-order chi connectivity index (χ0) is 13.2. The van der Waals surface area contributed by atoms with Crippen molar-refractivity contribution in [1.82, 2.24) is 4.72 Å². The Hall–Kier alpha value is -1.14. The highest BCUT2D eigenvalue weighted by molar-refractivity contribution is 7.89. The third-order valence-electron chi connectivity index (χ3n) is 3.33. The Morgan fingerprint density at radius 2 is 2.11 bits per heavy atom. The lowest BCUT2D eigenvalue weighted by Gasteiger charge is -2.25. The van der Waals surface area contributed by atoms with E-state index in [1.165, 1.54) is 25.3 Å². The first kappa shape index (κ1) is 13.3. The van der Waals surface area contributed by atoms with E-state index in [9.17, 15) is 12.8 Å². The van der Waals surface area contributed by atoms with Gasteiger partial charge in [0.2, 0.25) is 10.0 Å². The van der Waals surface area contributed by atoms with E-state index in [4.69, 9.17) is 5.73 Å². The number of benzene rings is 1. The second-order valence-electron chi connectivity index (χ2n) is 4.67. The second-order valence-corrected chi connectivity index (χ2v) is 6.40. The Balaban J connectivity index is 2.00. The Morgan fingerprint density at radius 3 is 2.67 bits per heavy atom. The van der Waals surface area contributed by atoms with Gasteiger partial charge in [0, 0.05) is 6.54 Å². The number of anilines is 1. The fraction of sp³-hybridized carbons (Fsp3) is 0.500. The van der Waals surface area contributed by atoms with Crippen molar-refractivity contribution in [2.24, 2.45) is 5.92 Å². The van der Waals surface area contributed by atoms with E-state index in [0.29, 0.717) is 12.5 Å². The summed E-state index contributed by atoms with van der Waals surface area (Å²) in [7, 11) is -3.63. The molecule has 1 fully saturated rings.